The molecule has 6 N–H and O–H groups in total. The van der Waals surface area contributed by atoms with E-state index in [1.807, 2.05) is 61.9 Å². The molecule has 3 aliphatic rings. The number of aliphatic hydroxyl groups is 1. The number of hydrogen-bond acceptors (Lipinski definition) is 15. The number of amides is 6. The minimum Gasteiger partial charge on any atom is -0.391 e. The van der Waals surface area contributed by atoms with Crippen molar-refractivity contribution in [3.63, 3.8) is 0 Å². The number of carbonyl (C=O) groups excluding carboxylic acids is 6. The predicted octanol–water partition coefficient (Wildman–Crippen LogP) is 5.34. The van der Waals surface area contributed by atoms with Gasteiger partial charge >= 0.3 is 6.18 Å². The standard InChI is InChI=1S/C58H71F4N13O8S/c1-33-29-74(30-34(2)71(33)7)45-24-43(59)40(22-44(45)69-53(81)41-28-64-49(79)23-42(41)58(60,61)62)38-26-66-56(67-27-38)73-19-17-72(18-20-73)50(80)15-14-47(77)63-16-8-9-48(78)70-52(57(4,5)6)55(83)75-31-39(76)21-46(75)54(82)65-25-36-10-12-37(13-11-36)51-35(3)68-32-84-51/h10-13,22-24,26-28,32-34,39,46,52,76H,8-9,14-21,25,29-31H2,1-7H3,(H,63,77)(H,64,79)(H,65,82)(H,69,81)(H,70,78)/t33-,34+,39-,46+,52?/m1/s1. The Balaban J connectivity index is 0.786. The lowest BCUT2D eigenvalue weighted by Gasteiger charge is -2.44. The number of thiazole rings is 1. The summed E-state index contributed by atoms with van der Waals surface area (Å²) in [6, 6.07) is 8.64. The van der Waals surface area contributed by atoms with Crippen LogP contribution in [-0.4, -0.2) is 165 Å². The van der Waals surface area contributed by atoms with Gasteiger partial charge in [0.15, 0.2) is 0 Å². The maximum atomic E-state index is 16.2. The first-order valence-corrected chi connectivity index (χ1v) is 28.7. The number of rotatable bonds is 18. The van der Waals surface area contributed by atoms with Crippen LogP contribution >= 0.6 is 11.3 Å². The molecule has 1 unspecified atom stereocenters. The number of nitrogens with zero attached hydrogens (tertiary/aromatic N) is 8. The van der Waals surface area contributed by atoms with Crippen LogP contribution in [0, 0.1) is 18.2 Å². The number of pyridine rings is 1. The molecule has 6 heterocycles. The number of anilines is 3. The number of hydrogen-bond donors (Lipinski definition) is 6. The summed E-state index contributed by atoms with van der Waals surface area (Å²) in [4.78, 5) is 117. The molecule has 5 atom stereocenters. The summed E-state index contributed by atoms with van der Waals surface area (Å²) in [5.41, 5.74) is 0.988. The highest BCUT2D eigenvalue weighted by Crippen LogP contribution is 2.38. The minimum absolute atomic E-state index is 0.00540. The van der Waals surface area contributed by atoms with Crippen molar-refractivity contribution in [3.05, 3.63) is 105 Å². The van der Waals surface area contributed by atoms with Gasteiger partial charge in [0.2, 0.25) is 41.0 Å². The number of aromatic nitrogens is 4. The molecule has 0 saturated carbocycles. The molecule has 26 heteroatoms. The Labute approximate surface area is 487 Å². The van der Waals surface area contributed by atoms with Crippen LogP contribution in [0.25, 0.3) is 21.6 Å². The van der Waals surface area contributed by atoms with Crippen molar-refractivity contribution in [1.82, 2.24) is 50.6 Å². The Bertz CT molecular complexity index is 3260. The first kappa shape index (κ1) is 62.2. The molecule has 0 bridgehead atoms. The number of halogens is 4. The van der Waals surface area contributed by atoms with Crippen molar-refractivity contribution in [2.45, 2.75) is 117 Å². The van der Waals surface area contributed by atoms with Crippen LogP contribution in [0.1, 0.15) is 93.9 Å². The van der Waals surface area contributed by atoms with E-state index < -0.39 is 75.9 Å². The van der Waals surface area contributed by atoms with Crippen LogP contribution < -0.4 is 36.6 Å². The van der Waals surface area contributed by atoms with Gasteiger partial charge in [-0.1, -0.05) is 45.0 Å². The molecular formula is C58H71F4N13O8S. The van der Waals surface area contributed by atoms with Crippen molar-refractivity contribution in [2.24, 2.45) is 5.41 Å². The highest BCUT2D eigenvalue weighted by molar-refractivity contribution is 7.13. The Kier molecular flexibility index (Phi) is 19.5. The van der Waals surface area contributed by atoms with Crippen molar-refractivity contribution < 1.29 is 51.4 Å². The first-order valence-electron chi connectivity index (χ1n) is 27.8. The number of β-amino-alcohol motifs (C(OH)–C–C–N with tert-alkyl or cyclic N) is 1. The molecule has 3 saturated heterocycles. The zero-order valence-corrected chi connectivity index (χ0v) is 48.8. The largest absolute Gasteiger partial charge is 0.417 e. The molecule has 8 rings (SSSR count). The van der Waals surface area contributed by atoms with Gasteiger partial charge in [-0.3, -0.25) is 38.5 Å². The normalized spacial score (nSPS) is 19.0. The Morgan fingerprint density at radius 3 is 2.15 bits per heavy atom. The SMILES string of the molecule is Cc1ncsc1-c1ccc(CNC(=O)[C@@H]2C[C@@H](O)CN2C(=O)C(NC(=O)CCCNC(=O)CCC(=O)N2CCN(c3ncc(-c4cc(NC(=O)c5c[nH]c(=O)cc5C(F)(F)F)c(N5C[C@@H](C)N(C)[C@@H](C)C5)cc4F)cn3)CC2)C(C)(C)C)cc1. The number of alkyl halides is 3. The van der Waals surface area contributed by atoms with Crippen molar-refractivity contribution in [2.75, 3.05) is 74.5 Å². The number of nitrogens with one attached hydrogen (secondary N) is 5. The number of likely N-dealkylation sites (tertiary alicyclic amines) is 1. The molecule has 0 radical (unpaired) electrons. The van der Waals surface area contributed by atoms with Gasteiger partial charge in [0, 0.05) is 132 Å². The molecule has 84 heavy (non-hydrogen) atoms. The number of aliphatic hydroxyl groups excluding tert-OH is 1. The maximum Gasteiger partial charge on any atom is 0.417 e. The van der Waals surface area contributed by atoms with Gasteiger partial charge < -0.3 is 51.0 Å². The molecule has 450 valence electrons. The van der Waals surface area contributed by atoms with E-state index in [-0.39, 0.29) is 98.1 Å². The van der Waals surface area contributed by atoms with Crippen LogP contribution in [0.4, 0.5) is 34.9 Å². The van der Waals surface area contributed by atoms with Gasteiger partial charge in [-0.05, 0) is 62.9 Å². The number of H-pyrrole nitrogens is 1. The topological polar surface area (TPSA) is 258 Å². The molecule has 0 spiro atoms. The zero-order chi connectivity index (χ0) is 60.8. The van der Waals surface area contributed by atoms with Crippen molar-refractivity contribution in [1.29, 1.82) is 0 Å². The zero-order valence-electron chi connectivity index (χ0n) is 47.9. The highest BCUT2D eigenvalue weighted by atomic mass is 32.1. The van der Waals surface area contributed by atoms with E-state index in [1.54, 1.807) is 42.5 Å². The van der Waals surface area contributed by atoms with E-state index in [9.17, 15) is 51.8 Å². The molecule has 2 aromatic carbocycles. The van der Waals surface area contributed by atoms with Gasteiger partial charge in [0.05, 0.1) is 44.7 Å². The minimum atomic E-state index is -5.02. The van der Waals surface area contributed by atoms with E-state index in [2.05, 4.69) is 46.1 Å². The molecule has 3 fully saturated rings. The smallest absolute Gasteiger partial charge is 0.391 e. The Hall–Kier alpha value is -7.84. The lowest BCUT2D eigenvalue weighted by Crippen LogP contribution is -2.57. The van der Waals surface area contributed by atoms with Crippen molar-refractivity contribution in [3.8, 4) is 21.6 Å². The average Bonchev–Trinajstić information content (AvgIpc) is 2.59. The summed E-state index contributed by atoms with van der Waals surface area (Å²) in [7, 11) is 1.95. The van der Waals surface area contributed by atoms with Crippen molar-refractivity contribution >= 4 is 64.1 Å². The van der Waals surface area contributed by atoms with E-state index in [1.165, 1.54) is 29.4 Å². The molecule has 21 nitrogen and oxygen atoms in total. The third-order valence-corrected chi connectivity index (χ3v) is 16.5. The summed E-state index contributed by atoms with van der Waals surface area (Å²) in [6.07, 6.45) is -2.38. The monoisotopic (exact) mass is 1190 g/mol. The second kappa shape index (κ2) is 26.4. The lowest BCUT2D eigenvalue weighted by molar-refractivity contribution is -0.144. The summed E-state index contributed by atoms with van der Waals surface area (Å²) >= 11 is 1.55. The fourth-order valence-corrected chi connectivity index (χ4v) is 11.4. The molecule has 3 aliphatic heterocycles. The summed E-state index contributed by atoms with van der Waals surface area (Å²) < 4.78 is 58.2. The van der Waals surface area contributed by atoms with Gasteiger partial charge in [-0.25, -0.2) is 19.3 Å². The fourth-order valence-electron chi connectivity index (χ4n) is 10.6. The summed E-state index contributed by atoms with van der Waals surface area (Å²) in [5.74, 6) is -3.55. The molecule has 3 aromatic heterocycles. The average molecular weight is 1190 g/mol. The quantitative estimate of drug-likeness (QED) is 0.0479. The number of aromatic amines is 1. The number of piperazine rings is 2. The molecule has 6 amide bonds. The summed E-state index contributed by atoms with van der Waals surface area (Å²) in [6.45, 7) is 13.7. The molecule has 0 aliphatic carbocycles. The van der Waals surface area contributed by atoms with E-state index >= 15 is 4.39 Å². The van der Waals surface area contributed by atoms with E-state index in [4.69, 9.17) is 0 Å². The molecule has 5 aromatic rings. The third kappa shape index (κ3) is 15.1. The maximum absolute atomic E-state index is 16.2. The Morgan fingerprint density at radius 1 is 0.845 bits per heavy atom. The lowest BCUT2D eigenvalue weighted by atomic mass is 9.85. The number of likely N-dealkylation sites (N-methyl/N-ethyl adjacent to an activating group) is 1. The van der Waals surface area contributed by atoms with Gasteiger partial charge in [-0.15, -0.1) is 11.3 Å². The number of benzene rings is 2. The fraction of sp³-hybridized carbons (Fsp3) is 0.483. The highest BCUT2D eigenvalue weighted by Gasteiger charge is 2.45. The van der Waals surface area contributed by atoms with Crippen LogP contribution in [0.3, 0.4) is 0 Å². The third-order valence-electron chi connectivity index (χ3n) is 15.6. The van der Waals surface area contributed by atoms with E-state index in [0.29, 0.717) is 57.5 Å². The second-order valence-electron chi connectivity index (χ2n) is 22.7. The van der Waals surface area contributed by atoms with Crippen LogP contribution in [0.5, 0.6) is 0 Å². The Morgan fingerprint density at radius 2 is 1.52 bits per heavy atom. The van der Waals surface area contributed by atoms with Crippen LogP contribution in [0.15, 0.2) is 71.4 Å². The van der Waals surface area contributed by atoms with Crippen LogP contribution in [0.2, 0.25) is 0 Å². The first-order chi connectivity index (χ1) is 39.7. The second-order valence-corrected chi connectivity index (χ2v) is 23.6. The van der Waals surface area contributed by atoms with E-state index in [0.717, 1.165) is 21.7 Å². The number of aryl methyl sites for hydroxylation is 1. The summed E-state index contributed by atoms with van der Waals surface area (Å²) in [5, 5.41) is 21.6. The van der Waals surface area contributed by atoms with Gasteiger partial charge in [0.1, 0.15) is 17.9 Å². The van der Waals surface area contributed by atoms with Gasteiger partial charge in [-0.2, -0.15) is 13.2 Å². The predicted molar refractivity (Wildman–Crippen MR) is 308 cm³/mol. The molecular weight excluding hydrogens is 1110 g/mol. The van der Waals surface area contributed by atoms with Crippen LogP contribution in [-0.2, 0) is 36.7 Å². The van der Waals surface area contributed by atoms with Gasteiger partial charge in [0.25, 0.3) is 5.91 Å². The number of carbonyl (C=O) groups is 6.